The van der Waals surface area contributed by atoms with Gasteiger partial charge in [0.15, 0.2) is 5.78 Å². The van der Waals surface area contributed by atoms with E-state index in [-0.39, 0.29) is 11.8 Å². The van der Waals surface area contributed by atoms with Crippen LogP contribution < -0.4 is 5.32 Å². The Bertz CT molecular complexity index is 391. The van der Waals surface area contributed by atoms with E-state index in [9.17, 15) is 4.79 Å². The van der Waals surface area contributed by atoms with E-state index in [0.29, 0.717) is 19.1 Å². The van der Waals surface area contributed by atoms with Crippen molar-refractivity contribution in [3.63, 3.8) is 0 Å². The van der Waals surface area contributed by atoms with Crippen LogP contribution in [-0.4, -0.2) is 31.1 Å². The number of benzene rings is 1. The Morgan fingerprint density at radius 1 is 1.41 bits per heavy atom. The van der Waals surface area contributed by atoms with Crippen molar-refractivity contribution in [2.45, 2.75) is 25.4 Å². The normalized spacial score (nSPS) is 24.6. The summed E-state index contributed by atoms with van der Waals surface area (Å²) in [5.74, 6) is 0.177. The summed E-state index contributed by atoms with van der Waals surface area (Å²) in [6.45, 7) is 3.43. The summed E-state index contributed by atoms with van der Waals surface area (Å²) in [6.07, 6.45) is 0.505. The number of halogens is 1. The zero-order valence-electron chi connectivity index (χ0n) is 9.78. The zero-order chi connectivity index (χ0) is 12.3. The molecule has 0 saturated carbocycles. The van der Waals surface area contributed by atoms with E-state index in [1.54, 1.807) is 0 Å². The number of nitrogens with one attached hydrogen (secondary N) is 1. The van der Waals surface area contributed by atoms with E-state index in [2.05, 4.69) is 34.8 Å². The highest BCUT2D eigenvalue weighted by atomic mass is 127. The van der Waals surface area contributed by atoms with Crippen LogP contribution in [0.5, 0.6) is 0 Å². The quantitative estimate of drug-likeness (QED) is 0.675. The van der Waals surface area contributed by atoms with Crippen LogP contribution in [0.15, 0.2) is 24.3 Å². The lowest BCUT2D eigenvalue weighted by atomic mass is 10.0. The molecule has 0 aliphatic carbocycles. The van der Waals surface area contributed by atoms with Gasteiger partial charge in [0.25, 0.3) is 0 Å². The van der Waals surface area contributed by atoms with Crippen molar-refractivity contribution in [3.05, 3.63) is 33.4 Å². The Labute approximate surface area is 115 Å². The average Bonchev–Trinajstić information content (AvgIpc) is 2.29. The molecule has 1 aromatic rings. The Morgan fingerprint density at radius 2 is 2.12 bits per heavy atom. The maximum Gasteiger partial charge on any atom is 0.164 e. The first-order valence-electron chi connectivity index (χ1n) is 5.77. The summed E-state index contributed by atoms with van der Waals surface area (Å²) in [7, 11) is 0. The maximum absolute atomic E-state index is 12.0. The van der Waals surface area contributed by atoms with Gasteiger partial charge in [0, 0.05) is 27.6 Å². The molecule has 2 atom stereocenters. The fourth-order valence-electron chi connectivity index (χ4n) is 1.98. The van der Waals surface area contributed by atoms with Gasteiger partial charge in [0.05, 0.1) is 13.2 Å². The van der Waals surface area contributed by atoms with Crippen molar-refractivity contribution in [3.8, 4) is 0 Å². The molecule has 0 radical (unpaired) electrons. The van der Waals surface area contributed by atoms with Gasteiger partial charge in [-0.15, -0.1) is 0 Å². The minimum absolute atomic E-state index is 0.144. The SMILES string of the molecule is CC1COCC(CC(=O)c2ccc(I)cc2)N1. The molecule has 1 aliphatic heterocycles. The highest BCUT2D eigenvalue weighted by Gasteiger charge is 2.21. The summed E-state index contributed by atoms with van der Waals surface area (Å²) < 4.78 is 6.58. The predicted molar refractivity (Wildman–Crippen MR) is 75.3 cm³/mol. The van der Waals surface area contributed by atoms with Crippen LogP contribution in [0.1, 0.15) is 23.7 Å². The predicted octanol–water partition coefficient (Wildman–Crippen LogP) is 2.24. The molecule has 1 aromatic carbocycles. The molecule has 1 saturated heterocycles. The van der Waals surface area contributed by atoms with Gasteiger partial charge in [-0.3, -0.25) is 4.79 Å². The molecule has 0 aromatic heterocycles. The molecule has 1 heterocycles. The van der Waals surface area contributed by atoms with Gasteiger partial charge in [-0.05, 0) is 41.6 Å². The molecule has 1 fully saturated rings. The number of morpholine rings is 1. The van der Waals surface area contributed by atoms with Crippen molar-refractivity contribution in [2.75, 3.05) is 13.2 Å². The second-order valence-corrected chi connectivity index (χ2v) is 5.68. The molecule has 4 heteroatoms. The first-order chi connectivity index (χ1) is 8.15. The average molecular weight is 345 g/mol. The molecule has 0 amide bonds. The Morgan fingerprint density at radius 3 is 2.76 bits per heavy atom. The molecular weight excluding hydrogens is 329 g/mol. The summed E-state index contributed by atoms with van der Waals surface area (Å²) in [5, 5.41) is 3.38. The minimum atomic E-state index is 0.144. The Kier molecular flexibility index (Phi) is 4.53. The highest BCUT2D eigenvalue weighted by molar-refractivity contribution is 14.1. The molecule has 17 heavy (non-hydrogen) atoms. The molecule has 92 valence electrons. The topological polar surface area (TPSA) is 38.3 Å². The van der Waals surface area contributed by atoms with Crippen LogP contribution in [0.3, 0.4) is 0 Å². The van der Waals surface area contributed by atoms with Gasteiger partial charge in [0.2, 0.25) is 0 Å². The number of Topliss-reactive ketones (excluding diaryl/α,β-unsaturated/α-hetero) is 1. The lowest BCUT2D eigenvalue weighted by Crippen LogP contribution is -2.48. The molecule has 0 spiro atoms. The lowest BCUT2D eigenvalue weighted by Gasteiger charge is -2.28. The third-order valence-corrected chi connectivity index (χ3v) is 3.52. The second-order valence-electron chi connectivity index (χ2n) is 4.44. The van der Waals surface area contributed by atoms with Crippen LogP contribution in [0.2, 0.25) is 0 Å². The monoisotopic (exact) mass is 345 g/mol. The molecule has 2 unspecified atom stereocenters. The number of hydrogen-bond donors (Lipinski definition) is 1. The van der Waals surface area contributed by atoms with Crippen molar-refractivity contribution >= 4 is 28.4 Å². The van der Waals surface area contributed by atoms with Gasteiger partial charge in [0.1, 0.15) is 0 Å². The Hall–Kier alpha value is -0.460. The van der Waals surface area contributed by atoms with Crippen molar-refractivity contribution in [1.82, 2.24) is 5.32 Å². The van der Waals surface area contributed by atoms with Gasteiger partial charge in [-0.2, -0.15) is 0 Å². The number of carbonyl (C=O) groups excluding carboxylic acids is 1. The third kappa shape index (κ3) is 3.76. The van der Waals surface area contributed by atoms with E-state index in [1.165, 1.54) is 0 Å². The smallest absolute Gasteiger partial charge is 0.164 e. The fourth-order valence-corrected chi connectivity index (χ4v) is 2.34. The molecular formula is C13H16INO2. The highest BCUT2D eigenvalue weighted by Crippen LogP contribution is 2.11. The maximum atomic E-state index is 12.0. The van der Waals surface area contributed by atoms with Crippen molar-refractivity contribution < 1.29 is 9.53 Å². The largest absolute Gasteiger partial charge is 0.378 e. The molecule has 2 rings (SSSR count). The Balaban J connectivity index is 1.94. The van der Waals surface area contributed by atoms with Gasteiger partial charge < -0.3 is 10.1 Å². The third-order valence-electron chi connectivity index (χ3n) is 2.81. The van der Waals surface area contributed by atoms with Crippen LogP contribution in [0.4, 0.5) is 0 Å². The number of rotatable bonds is 3. The lowest BCUT2D eigenvalue weighted by molar-refractivity contribution is 0.0463. The fraction of sp³-hybridized carbons (Fsp3) is 0.462. The molecule has 0 bridgehead atoms. The first kappa shape index (κ1) is 13.0. The van der Waals surface area contributed by atoms with Gasteiger partial charge in [-0.25, -0.2) is 0 Å². The zero-order valence-corrected chi connectivity index (χ0v) is 11.9. The van der Waals surface area contributed by atoms with Crippen molar-refractivity contribution in [2.24, 2.45) is 0 Å². The summed E-state index contributed by atoms with van der Waals surface area (Å²) in [6, 6.07) is 8.17. The van der Waals surface area contributed by atoms with E-state index in [1.807, 2.05) is 24.3 Å². The molecule has 1 N–H and O–H groups in total. The van der Waals surface area contributed by atoms with Crippen LogP contribution in [0.25, 0.3) is 0 Å². The number of ketones is 1. The van der Waals surface area contributed by atoms with E-state index in [4.69, 9.17) is 4.74 Å². The second kappa shape index (κ2) is 5.93. The van der Waals surface area contributed by atoms with Crippen LogP contribution in [-0.2, 0) is 4.74 Å². The minimum Gasteiger partial charge on any atom is -0.378 e. The summed E-state index contributed by atoms with van der Waals surface area (Å²) in [4.78, 5) is 12.0. The molecule has 1 aliphatic rings. The number of carbonyl (C=O) groups is 1. The first-order valence-corrected chi connectivity index (χ1v) is 6.85. The van der Waals surface area contributed by atoms with E-state index >= 15 is 0 Å². The van der Waals surface area contributed by atoms with Crippen LogP contribution in [0, 0.1) is 3.57 Å². The van der Waals surface area contributed by atoms with Gasteiger partial charge in [-0.1, -0.05) is 12.1 Å². The standard InChI is InChI=1S/C13H16INO2/c1-9-7-17-8-12(15-9)6-13(16)10-2-4-11(14)5-3-10/h2-5,9,12,15H,6-8H2,1H3. The van der Waals surface area contributed by atoms with Crippen LogP contribution >= 0.6 is 22.6 Å². The van der Waals surface area contributed by atoms with Gasteiger partial charge >= 0.3 is 0 Å². The molecule has 3 nitrogen and oxygen atoms in total. The number of hydrogen-bond acceptors (Lipinski definition) is 3. The summed E-state index contributed by atoms with van der Waals surface area (Å²) in [5.41, 5.74) is 0.783. The van der Waals surface area contributed by atoms with E-state index < -0.39 is 0 Å². The summed E-state index contributed by atoms with van der Waals surface area (Å²) >= 11 is 2.23. The van der Waals surface area contributed by atoms with E-state index in [0.717, 1.165) is 15.7 Å². The van der Waals surface area contributed by atoms with Crippen molar-refractivity contribution in [1.29, 1.82) is 0 Å². The number of ether oxygens (including phenoxy) is 1.